The summed E-state index contributed by atoms with van der Waals surface area (Å²) < 4.78 is 52.9. The van der Waals surface area contributed by atoms with E-state index >= 15 is 4.39 Å². The molecule has 0 aliphatic carbocycles. The van der Waals surface area contributed by atoms with Crippen LogP contribution in [0.1, 0.15) is 40.5 Å². The number of hydrogen-bond acceptors (Lipinski definition) is 9. The Morgan fingerprint density at radius 3 is 2.63 bits per heavy atom. The number of piperazine rings is 1. The Morgan fingerprint density at radius 2 is 1.97 bits per heavy atom. The molecule has 2 aromatic rings. The van der Waals surface area contributed by atoms with E-state index in [0.717, 1.165) is 12.7 Å². The summed E-state index contributed by atoms with van der Waals surface area (Å²) in [6.07, 6.45) is 1.50. The summed E-state index contributed by atoms with van der Waals surface area (Å²) in [5, 5.41) is -0.253. The third-order valence-electron chi connectivity index (χ3n) is 6.33. The van der Waals surface area contributed by atoms with Crippen LogP contribution in [0.4, 0.5) is 21.0 Å². The molecule has 3 aliphatic rings. The van der Waals surface area contributed by atoms with E-state index in [9.17, 15) is 13.2 Å². The number of amides is 1. The predicted octanol–water partition coefficient (Wildman–Crippen LogP) is 2.93. The number of nitrogens with one attached hydrogen (secondary N) is 1. The van der Waals surface area contributed by atoms with E-state index in [4.69, 9.17) is 21.1 Å². The minimum absolute atomic E-state index is 0.0499. The first-order chi connectivity index (χ1) is 16.2. The number of nitrogens with zero attached hydrogens (tertiary/aromatic N) is 5. The molecule has 5 heterocycles. The zero-order valence-corrected chi connectivity index (χ0v) is 21.4. The van der Waals surface area contributed by atoms with Crippen LogP contribution in [-0.2, 0) is 14.8 Å². The van der Waals surface area contributed by atoms with Crippen molar-refractivity contribution in [3.05, 3.63) is 11.0 Å². The van der Waals surface area contributed by atoms with Crippen molar-refractivity contribution in [2.45, 2.75) is 70.4 Å². The SMILES string of the molecule is C[C@@H]1Oc2nc(Cl)c(F)c3nc(NS(C)(=O)=O)nc(c23)N2C[C@H]3CC[C@@H]([C@@H]12)N3C(=O)OC(C)(C)C. The highest BCUT2D eigenvalue weighted by Crippen LogP contribution is 2.45. The van der Waals surface area contributed by atoms with Gasteiger partial charge in [-0.15, -0.1) is 0 Å². The van der Waals surface area contributed by atoms with Gasteiger partial charge in [-0.25, -0.2) is 22.6 Å². The zero-order valence-electron chi connectivity index (χ0n) is 19.9. The van der Waals surface area contributed by atoms with E-state index < -0.39 is 38.8 Å². The second kappa shape index (κ2) is 7.92. The van der Waals surface area contributed by atoms with Gasteiger partial charge >= 0.3 is 6.09 Å². The Morgan fingerprint density at radius 1 is 1.26 bits per heavy atom. The van der Waals surface area contributed by atoms with Crippen molar-refractivity contribution in [3.63, 3.8) is 0 Å². The summed E-state index contributed by atoms with van der Waals surface area (Å²) in [6, 6.07) is -0.840. The van der Waals surface area contributed by atoms with Crippen molar-refractivity contribution < 1.29 is 27.1 Å². The predicted molar refractivity (Wildman–Crippen MR) is 127 cm³/mol. The van der Waals surface area contributed by atoms with E-state index in [1.807, 2.05) is 32.6 Å². The maximum Gasteiger partial charge on any atom is 0.410 e. The molecular weight excluding hydrogens is 503 g/mol. The van der Waals surface area contributed by atoms with Crippen molar-refractivity contribution in [3.8, 4) is 5.88 Å². The zero-order chi connectivity index (χ0) is 25.4. The summed E-state index contributed by atoms with van der Waals surface area (Å²) in [5.41, 5.74) is -0.857. The molecule has 0 saturated carbocycles. The molecule has 0 unspecified atom stereocenters. The van der Waals surface area contributed by atoms with Crippen LogP contribution in [0.15, 0.2) is 0 Å². The van der Waals surface area contributed by atoms with Gasteiger partial charge in [0.15, 0.2) is 11.0 Å². The quantitative estimate of drug-likeness (QED) is 0.585. The topological polar surface area (TPSA) is 127 Å². The first kappa shape index (κ1) is 24.0. The van der Waals surface area contributed by atoms with E-state index in [-0.39, 0.29) is 46.7 Å². The summed E-state index contributed by atoms with van der Waals surface area (Å²) in [4.78, 5) is 29.4. The molecule has 4 atom stereocenters. The van der Waals surface area contributed by atoms with Crippen LogP contribution in [0.25, 0.3) is 10.9 Å². The normalized spacial score (nSPS) is 25.7. The minimum atomic E-state index is -3.75. The van der Waals surface area contributed by atoms with Gasteiger partial charge < -0.3 is 14.4 Å². The second-order valence-corrected chi connectivity index (χ2v) is 12.2. The molecule has 1 N–H and O–H groups in total. The lowest BCUT2D eigenvalue weighted by Gasteiger charge is -2.48. The molecule has 3 aliphatic heterocycles. The number of halogens is 2. The average molecular weight is 529 g/mol. The fraction of sp³-hybridized carbons (Fsp3) is 0.619. The maximum atomic E-state index is 15.1. The fourth-order valence-corrected chi connectivity index (χ4v) is 5.81. The number of ether oxygens (including phenoxy) is 2. The largest absolute Gasteiger partial charge is 0.472 e. The van der Waals surface area contributed by atoms with E-state index in [1.165, 1.54) is 0 Å². The minimum Gasteiger partial charge on any atom is -0.472 e. The Bertz CT molecular complexity index is 1340. The Kier molecular flexibility index (Phi) is 5.44. The highest BCUT2D eigenvalue weighted by atomic mass is 35.5. The van der Waals surface area contributed by atoms with Gasteiger partial charge in [0.1, 0.15) is 28.4 Å². The summed E-state index contributed by atoms with van der Waals surface area (Å²) in [5.74, 6) is -0.878. The molecule has 2 bridgehead atoms. The average Bonchev–Trinajstić information content (AvgIpc) is 2.96. The Balaban J connectivity index is 1.66. The highest BCUT2D eigenvalue weighted by molar-refractivity contribution is 7.92. The van der Waals surface area contributed by atoms with Crippen LogP contribution in [0.5, 0.6) is 5.88 Å². The molecule has 2 fully saturated rings. The lowest BCUT2D eigenvalue weighted by Crippen LogP contribution is -2.65. The first-order valence-corrected chi connectivity index (χ1v) is 13.5. The maximum absolute atomic E-state index is 15.1. The van der Waals surface area contributed by atoms with Crippen molar-refractivity contribution in [2.24, 2.45) is 0 Å². The molecule has 14 heteroatoms. The molecule has 0 radical (unpaired) electrons. The van der Waals surface area contributed by atoms with Gasteiger partial charge in [-0.3, -0.25) is 9.62 Å². The molecule has 0 spiro atoms. The van der Waals surface area contributed by atoms with Gasteiger partial charge in [-0.05, 0) is 40.5 Å². The Hall–Kier alpha value is -2.67. The number of carbonyl (C=O) groups is 1. The third kappa shape index (κ3) is 4.18. The van der Waals surface area contributed by atoms with Crippen molar-refractivity contribution in [2.75, 3.05) is 22.4 Å². The number of aromatic nitrogens is 3. The number of hydrogen-bond donors (Lipinski definition) is 1. The highest BCUT2D eigenvalue weighted by Gasteiger charge is 2.53. The van der Waals surface area contributed by atoms with E-state index in [2.05, 4.69) is 19.7 Å². The van der Waals surface area contributed by atoms with Gasteiger partial charge in [-0.1, -0.05) is 11.6 Å². The van der Waals surface area contributed by atoms with Crippen LogP contribution in [0.3, 0.4) is 0 Å². The van der Waals surface area contributed by atoms with Crippen molar-refractivity contribution >= 4 is 50.4 Å². The lowest BCUT2D eigenvalue weighted by molar-refractivity contribution is 0.000956. The smallest absolute Gasteiger partial charge is 0.410 e. The second-order valence-electron chi connectivity index (χ2n) is 10.1. The Labute approximate surface area is 207 Å². The number of anilines is 2. The third-order valence-corrected chi connectivity index (χ3v) is 7.14. The van der Waals surface area contributed by atoms with Crippen molar-refractivity contribution in [1.82, 2.24) is 19.9 Å². The molecule has 0 aromatic carbocycles. The molecule has 2 saturated heterocycles. The number of fused-ring (bicyclic) bond motifs is 5. The number of carbonyl (C=O) groups excluding carboxylic acids is 1. The number of sulfonamides is 1. The fourth-order valence-electron chi connectivity index (χ4n) is 5.22. The monoisotopic (exact) mass is 528 g/mol. The van der Waals surface area contributed by atoms with Gasteiger partial charge in [0, 0.05) is 6.54 Å². The summed E-state index contributed by atoms with van der Waals surface area (Å²) in [6.45, 7) is 7.64. The molecular formula is C21H26ClFN6O5S. The van der Waals surface area contributed by atoms with Crippen molar-refractivity contribution in [1.29, 1.82) is 0 Å². The van der Waals surface area contributed by atoms with Gasteiger partial charge in [-0.2, -0.15) is 9.97 Å². The first-order valence-electron chi connectivity index (χ1n) is 11.2. The van der Waals surface area contributed by atoms with Gasteiger partial charge in [0.2, 0.25) is 21.9 Å². The van der Waals surface area contributed by atoms with E-state index in [1.54, 1.807) is 4.90 Å². The van der Waals surface area contributed by atoms with Crippen LogP contribution in [0.2, 0.25) is 5.15 Å². The van der Waals surface area contributed by atoms with Crippen LogP contribution < -0.4 is 14.4 Å². The standard InChI is InChI=1S/C21H26ClFN6O5S/c1-9-15-11-7-6-10(29(11)20(30)34-21(2,3)4)8-28(15)17-12-14(13(23)16(22)25-18(12)33-9)24-19(26-17)27-35(5,31)32/h9-11,15H,6-8H2,1-5H3,(H,24,26,27)/t9-,10+,11-,15+/m0/s1. The molecule has 2 aromatic heterocycles. The summed E-state index contributed by atoms with van der Waals surface area (Å²) >= 11 is 6.03. The van der Waals surface area contributed by atoms with Crippen LogP contribution >= 0.6 is 11.6 Å². The number of pyridine rings is 1. The van der Waals surface area contributed by atoms with Gasteiger partial charge in [0.05, 0.1) is 24.4 Å². The van der Waals surface area contributed by atoms with Crippen LogP contribution in [0, 0.1) is 5.82 Å². The molecule has 190 valence electrons. The van der Waals surface area contributed by atoms with E-state index in [0.29, 0.717) is 13.0 Å². The molecule has 1 amide bonds. The molecule has 11 nitrogen and oxygen atoms in total. The molecule has 5 rings (SSSR count). The summed E-state index contributed by atoms with van der Waals surface area (Å²) in [7, 11) is -3.75. The van der Waals surface area contributed by atoms with Gasteiger partial charge in [0.25, 0.3) is 0 Å². The number of rotatable bonds is 2. The van der Waals surface area contributed by atoms with Crippen LogP contribution in [-0.4, -0.2) is 77.0 Å². The molecule has 35 heavy (non-hydrogen) atoms. The lowest BCUT2D eigenvalue weighted by atomic mass is 9.98.